The Kier molecular flexibility index (Phi) is 2.79. The number of hydrogen-bond donors (Lipinski definition) is 1. The first-order valence-corrected chi connectivity index (χ1v) is 5.07. The quantitative estimate of drug-likeness (QED) is 0.763. The smallest absolute Gasteiger partial charge is 0.0590 e. The minimum absolute atomic E-state index is 0.0422. The van der Waals surface area contributed by atoms with Gasteiger partial charge in [0.05, 0.1) is 12.3 Å². The molecule has 0 aliphatic carbocycles. The van der Waals surface area contributed by atoms with Crippen molar-refractivity contribution < 1.29 is 4.74 Å². The van der Waals surface area contributed by atoms with Crippen molar-refractivity contribution in [1.29, 1.82) is 0 Å². The Morgan fingerprint density at radius 2 is 2.43 bits per heavy atom. The van der Waals surface area contributed by atoms with Crippen molar-refractivity contribution in [2.45, 2.75) is 18.3 Å². The monoisotopic (exact) mass is 192 g/mol. The van der Waals surface area contributed by atoms with Crippen molar-refractivity contribution in [2.24, 2.45) is 5.73 Å². The normalized spacial score (nSPS) is 27.5. The molecule has 1 unspecified atom stereocenters. The van der Waals surface area contributed by atoms with Gasteiger partial charge in [-0.25, -0.2) is 0 Å². The fourth-order valence-electron chi connectivity index (χ4n) is 2.00. The summed E-state index contributed by atoms with van der Waals surface area (Å²) in [6.07, 6.45) is 3.98. The Morgan fingerprint density at radius 1 is 1.50 bits per heavy atom. The maximum absolute atomic E-state index is 5.85. The van der Waals surface area contributed by atoms with Gasteiger partial charge < -0.3 is 10.5 Å². The molecule has 14 heavy (non-hydrogen) atoms. The lowest BCUT2D eigenvalue weighted by molar-refractivity contribution is 0.0360. The Balaban J connectivity index is 2.27. The highest BCUT2D eigenvalue weighted by Crippen LogP contribution is 2.30. The molecule has 0 bridgehead atoms. The SMILES string of the molecule is NCC1(c2ccccn2)CCCOC1. The average molecular weight is 192 g/mol. The zero-order valence-corrected chi connectivity index (χ0v) is 8.28. The van der Waals surface area contributed by atoms with E-state index < -0.39 is 0 Å². The van der Waals surface area contributed by atoms with Crippen LogP contribution in [0.15, 0.2) is 24.4 Å². The summed E-state index contributed by atoms with van der Waals surface area (Å²) in [5, 5.41) is 0. The van der Waals surface area contributed by atoms with Gasteiger partial charge in [-0.3, -0.25) is 4.98 Å². The molecule has 1 aromatic rings. The van der Waals surface area contributed by atoms with Gasteiger partial charge >= 0.3 is 0 Å². The molecule has 3 nitrogen and oxygen atoms in total. The fraction of sp³-hybridized carbons (Fsp3) is 0.545. The summed E-state index contributed by atoms with van der Waals surface area (Å²) >= 11 is 0. The van der Waals surface area contributed by atoms with Crippen molar-refractivity contribution in [3.8, 4) is 0 Å². The number of nitrogens with zero attached hydrogens (tertiary/aromatic N) is 1. The Bertz CT molecular complexity index is 281. The van der Waals surface area contributed by atoms with Crippen LogP contribution in [0.4, 0.5) is 0 Å². The van der Waals surface area contributed by atoms with E-state index in [1.807, 2.05) is 24.4 Å². The molecule has 1 aliphatic heterocycles. The first-order valence-electron chi connectivity index (χ1n) is 5.07. The number of nitrogens with two attached hydrogens (primary N) is 1. The molecule has 0 aromatic carbocycles. The summed E-state index contributed by atoms with van der Waals surface area (Å²) in [6.45, 7) is 2.18. The van der Waals surface area contributed by atoms with Gasteiger partial charge in [0.15, 0.2) is 0 Å². The van der Waals surface area contributed by atoms with E-state index in [2.05, 4.69) is 4.98 Å². The van der Waals surface area contributed by atoms with Crippen LogP contribution in [0, 0.1) is 0 Å². The topological polar surface area (TPSA) is 48.1 Å². The van der Waals surface area contributed by atoms with E-state index in [0.29, 0.717) is 13.2 Å². The highest BCUT2D eigenvalue weighted by atomic mass is 16.5. The molecule has 1 fully saturated rings. The van der Waals surface area contributed by atoms with Gasteiger partial charge in [0.1, 0.15) is 0 Å². The van der Waals surface area contributed by atoms with Crippen LogP contribution in [0.1, 0.15) is 18.5 Å². The lowest BCUT2D eigenvalue weighted by atomic mass is 9.79. The predicted molar refractivity (Wildman–Crippen MR) is 55.0 cm³/mol. The van der Waals surface area contributed by atoms with E-state index in [-0.39, 0.29) is 5.41 Å². The first-order chi connectivity index (χ1) is 6.87. The van der Waals surface area contributed by atoms with Crippen molar-refractivity contribution in [2.75, 3.05) is 19.8 Å². The Morgan fingerprint density at radius 3 is 3.00 bits per heavy atom. The summed E-state index contributed by atoms with van der Waals surface area (Å²) in [7, 11) is 0. The maximum Gasteiger partial charge on any atom is 0.0590 e. The van der Waals surface area contributed by atoms with Gasteiger partial charge in [-0.1, -0.05) is 6.07 Å². The molecule has 1 atom stereocenters. The van der Waals surface area contributed by atoms with Crippen LogP contribution in [0.25, 0.3) is 0 Å². The molecule has 1 aliphatic rings. The molecule has 0 spiro atoms. The summed E-state index contributed by atoms with van der Waals surface area (Å²) in [6, 6.07) is 5.98. The van der Waals surface area contributed by atoms with Crippen LogP contribution in [0.2, 0.25) is 0 Å². The van der Waals surface area contributed by atoms with Gasteiger partial charge in [-0.05, 0) is 25.0 Å². The van der Waals surface area contributed by atoms with Gasteiger partial charge in [0.25, 0.3) is 0 Å². The average Bonchev–Trinajstić information content (AvgIpc) is 2.31. The highest BCUT2D eigenvalue weighted by molar-refractivity contribution is 5.18. The van der Waals surface area contributed by atoms with E-state index >= 15 is 0 Å². The molecular formula is C11H16N2O. The van der Waals surface area contributed by atoms with Crippen molar-refractivity contribution in [3.63, 3.8) is 0 Å². The van der Waals surface area contributed by atoms with Crippen molar-refractivity contribution in [1.82, 2.24) is 4.98 Å². The molecule has 0 saturated carbocycles. The number of aromatic nitrogens is 1. The van der Waals surface area contributed by atoms with Gasteiger partial charge in [-0.2, -0.15) is 0 Å². The van der Waals surface area contributed by atoms with Crippen LogP contribution in [-0.2, 0) is 10.2 Å². The third-order valence-electron chi connectivity index (χ3n) is 2.92. The highest BCUT2D eigenvalue weighted by Gasteiger charge is 2.34. The summed E-state index contributed by atoms with van der Waals surface area (Å²) < 4.78 is 5.51. The van der Waals surface area contributed by atoms with Crippen molar-refractivity contribution in [3.05, 3.63) is 30.1 Å². The minimum Gasteiger partial charge on any atom is -0.380 e. The number of ether oxygens (including phenoxy) is 1. The molecule has 0 amide bonds. The van der Waals surface area contributed by atoms with Gasteiger partial charge in [-0.15, -0.1) is 0 Å². The number of pyridine rings is 1. The fourth-order valence-corrected chi connectivity index (χ4v) is 2.00. The van der Waals surface area contributed by atoms with E-state index in [4.69, 9.17) is 10.5 Å². The second-order valence-electron chi connectivity index (χ2n) is 3.86. The summed E-state index contributed by atoms with van der Waals surface area (Å²) in [5.74, 6) is 0. The third kappa shape index (κ3) is 1.65. The maximum atomic E-state index is 5.85. The summed E-state index contributed by atoms with van der Waals surface area (Å²) in [4.78, 5) is 4.39. The molecular weight excluding hydrogens is 176 g/mol. The zero-order chi connectivity index (χ0) is 9.86. The predicted octanol–water partition coefficient (Wildman–Crippen LogP) is 1.09. The third-order valence-corrected chi connectivity index (χ3v) is 2.92. The standard InChI is InChI=1S/C11H16N2O/c12-8-11(5-3-7-14-9-11)10-4-1-2-6-13-10/h1-2,4,6H,3,5,7-9,12H2. The second kappa shape index (κ2) is 4.07. The van der Waals surface area contributed by atoms with Gasteiger partial charge in [0.2, 0.25) is 0 Å². The van der Waals surface area contributed by atoms with E-state index in [9.17, 15) is 0 Å². The van der Waals surface area contributed by atoms with E-state index in [1.54, 1.807) is 0 Å². The van der Waals surface area contributed by atoms with Crippen LogP contribution in [0.5, 0.6) is 0 Å². The number of rotatable bonds is 2. The van der Waals surface area contributed by atoms with Crippen LogP contribution in [-0.4, -0.2) is 24.7 Å². The van der Waals surface area contributed by atoms with Crippen LogP contribution < -0.4 is 5.73 Å². The largest absolute Gasteiger partial charge is 0.380 e. The van der Waals surface area contributed by atoms with E-state index in [0.717, 1.165) is 25.1 Å². The molecule has 1 aromatic heterocycles. The summed E-state index contributed by atoms with van der Waals surface area (Å²) in [5.41, 5.74) is 6.88. The Hall–Kier alpha value is -0.930. The molecule has 1 saturated heterocycles. The van der Waals surface area contributed by atoms with Crippen LogP contribution >= 0.6 is 0 Å². The molecule has 3 heteroatoms. The second-order valence-corrected chi connectivity index (χ2v) is 3.86. The first kappa shape index (κ1) is 9.62. The molecule has 2 N–H and O–H groups in total. The Labute approximate surface area is 84.3 Å². The minimum atomic E-state index is -0.0422. The molecule has 76 valence electrons. The molecule has 2 rings (SSSR count). The van der Waals surface area contributed by atoms with Crippen molar-refractivity contribution >= 4 is 0 Å². The van der Waals surface area contributed by atoms with Crippen LogP contribution in [0.3, 0.4) is 0 Å². The van der Waals surface area contributed by atoms with E-state index in [1.165, 1.54) is 0 Å². The van der Waals surface area contributed by atoms with Gasteiger partial charge in [0, 0.05) is 24.8 Å². The lowest BCUT2D eigenvalue weighted by Crippen LogP contribution is -2.43. The zero-order valence-electron chi connectivity index (χ0n) is 8.28. The molecule has 0 radical (unpaired) electrons. The lowest BCUT2D eigenvalue weighted by Gasteiger charge is -2.35. The molecule has 2 heterocycles. The number of hydrogen-bond acceptors (Lipinski definition) is 3.